The molecule has 2 aliphatic rings. The van der Waals surface area contributed by atoms with Crippen LogP contribution in [0.25, 0.3) is 0 Å². The fourth-order valence-electron chi connectivity index (χ4n) is 2.73. The first-order chi connectivity index (χ1) is 14.3. The van der Waals surface area contributed by atoms with Gasteiger partial charge in [-0.25, -0.2) is 19.9 Å². The smallest absolute Gasteiger partial charge is 0.462 e. The van der Waals surface area contributed by atoms with Gasteiger partial charge in [0.2, 0.25) is 0 Å². The Kier molecular flexibility index (Phi) is 6.14. The lowest BCUT2D eigenvalue weighted by molar-refractivity contribution is -0.149. The van der Waals surface area contributed by atoms with E-state index in [1.165, 1.54) is 19.2 Å². The van der Waals surface area contributed by atoms with Crippen LogP contribution < -0.4 is 16.9 Å². The molecule has 30 heavy (non-hydrogen) atoms. The third-order valence-corrected chi connectivity index (χ3v) is 4.11. The number of hydrogen-bond acceptors (Lipinski definition) is 13. The van der Waals surface area contributed by atoms with Gasteiger partial charge in [-0.2, -0.15) is 10.2 Å². The molecule has 0 saturated carbocycles. The molecule has 0 unspecified atom stereocenters. The van der Waals surface area contributed by atoms with E-state index >= 15 is 0 Å². The molecule has 0 radical (unpaired) electrons. The topological polar surface area (TPSA) is 194 Å². The van der Waals surface area contributed by atoms with E-state index in [0.29, 0.717) is 0 Å². The maximum absolute atomic E-state index is 12.4. The van der Waals surface area contributed by atoms with Crippen LogP contribution in [-0.4, -0.2) is 58.6 Å². The number of esters is 1. The second-order valence-corrected chi connectivity index (χ2v) is 6.31. The van der Waals surface area contributed by atoms with Crippen LogP contribution in [0.4, 0.5) is 10.6 Å². The lowest BCUT2D eigenvalue weighted by Gasteiger charge is -2.18. The molecule has 14 nitrogen and oxygen atoms in total. The van der Waals surface area contributed by atoms with Crippen LogP contribution >= 0.6 is 0 Å². The molecule has 160 valence electrons. The standard InChI is InChI=1S/C16H17N5O9/c1-7(18)14(23)30-20-9-3-5-21(15(24)19-9)13-12-11(28-16(25)29-12)8(27-13)6-26-10(22)2-4-17/h3,5,7-8,11-13H,2,6,18H2,1H3,(H,19,20,24)/t7-,8-,11-,12-,13-/m1/s1. The highest BCUT2D eigenvalue weighted by molar-refractivity contribution is 5.75. The summed E-state index contributed by atoms with van der Waals surface area (Å²) in [5, 5.41) is 8.50. The van der Waals surface area contributed by atoms with E-state index in [-0.39, 0.29) is 12.4 Å². The van der Waals surface area contributed by atoms with Crippen LogP contribution in [0.1, 0.15) is 19.6 Å². The number of nitrogens with zero attached hydrogens (tertiary/aromatic N) is 3. The number of hydrogen-bond donors (Lipinski definition) is 2. The number of nitrogens with two attached hydrogens (primary N) is 1. The lowest BCUT2D eigenvalue weighted by atomic mass is 10.1. The van der Waals surface area contributed by atoms with Crippen molar-refractivity contribution in [2.75, 3.05) is 12.1 Å². The summed E-state index contributed by atoms with van der Waals surface area (Å²) in [7, 11) is 0. The third kappa shape index (κ3) is 4.47. The molecule has 0 amide bonds. The van der Waals surface area contributed by atoms with Gasteiger partial charge in [0.25, 0.3) is 0 Å². The molecule has 2 saturated heterocycles. The first-order valence-electron chi connectivity index (χ1n) is 8.67. The van der Waals surface area contributed by atoms with Gasteiger partial charge in [0.15, 0.2) is 24.3 Å². The monoisotopic (exact) mass is 423 g/mol. The first kappa shape index (κ1) is 21.0. The second kappa shape index (κ2) is 8.76. The molecule has 0 spiro atoms. The molecular weight excluding hydrogens is 406 g/mol. The Labute approximate surface area is 168 Å². The fraction of sp³-hybridized carbons (Fsp3) is 0.500. The van der Waals surface area contributed by atoms with E-state index in [1.54, 1.807) is 6.07 Å². The Hall–Kier alpha value is -3.70. The van der Waals surface area contributed by atoms with Crippen molar-refractivity contribution in [2.45, 2.75) is 43.9 Å². The highest BCUT2D eigenvalue weighted by Crippen LogP contribution is 2.37. The van der Waals surface area contributed by atoms with E-state index in [1.807, 2.05) is 0 Å². The molecule has 2 aliphatic heterocycles. The number of ether oxygens (including phenoxy) is 4. The van der Waals surface area contributed by atoms with Crippen molar-refractivity contribution in [1.29, 1.82) is 5.26 Å². The van der Waals surface area contributed by atoms with Crippen molar-refractivity contribution >= 4 is 23.9 Å². The van der Waals surface area contributed by atoms with Gasteiger partial charge in [0.1, 0.15) is 25.2 Å². The zero-order valence-corrected chi connectivity index (χ0v) is 15.5. The minimum Gasteiger partial charge on any atom is -0.462 e. The van der Waals surface area contributed by atoms with E-state index in [2.05, 4.69) is 15.3 Å². The molecule has 0 bridgehead atoms. The highest BCUT2D eigenvalue weighted by atomic mass is 16.8. The van der Waals surface area contributed by atoms with Gasteiger partial charge >= 0.3 is 23.8 Å². The first-order valence-corrected chi connectivity index (χ1v) is 8.67. The van der Waals surface area contributed by atoms with E-state index in [9.17, 15) is 19.2 Å². The quantitative estimate of drug-likeness (QED) is 0.299. The molecule has 14 heteroatoms. The Morgan fingerprint density at radius 3 is 2.80 bits per heavy atom. The van der Waals surface area contributed by atoms with Crippen molar-refractivity contribution in [2.24, 2.45) is 5.73 Å². The predicted octanol–water partition coefficient (Wildman–Crippen LogP) is -1.28. The van der Waals surface area contributed by atoms with Gasteiger partial charge in [-0.15, -0.1) is 0 Å². The number of anilines is 1. The van der Waals surface area contributed by atoms with Gasteiger partial charge in [0.05, 0.1) is 6.07 Å². The molecule has 3 rings (SSSR count). The van der Waals surface area contributed by atoms with Gasteiger partial charge in [-0.3, -0.25) is 9.36 Å². The SMILES string of the molecule is C[C@@H](N)C(=O)ONc1ccn([C@@H]2O[C@H](COC(=O)CC#N)[C@H]3OC(=O)O[C@H]32)c(=O)n1. The van der Waals surface area contributed by atoms with Gasteiger partial charge in [-0.05, 0) is 6.92 Å². The van der Waals surface area contributed by atoms with Crippen LogP contribution in [0.2, 0.25) is 0 Å². The maximum atomic E-state index is 12.4. The van der Waals surface area contributed by atoms with E-state index < -0.39 is 60.8 Å². The van der Waals surface area contributed by atoms with Crippen molar-refractivity contribution in [3.63, 3.8) is 0 Å². The van der Waals surface area contributed by atoms with Crippen LogP contribution in [0.15, 0.2) is 17.1 Å². The summed E-state index contributed by atoms with van der Waals surface area (Å²) < 4.78 is 21.7. The summed E-state index contributed by atoms with van der Waals surface area (Å²) >= 11 is 0. The van der Waals surface area contributed by atoms with E-state index in [0.717, 1.165) is 4.57 Å². The number of rotatable bonds is 7. The number of nitriles is 1. The Morgan fingerprint density at radius 1 is 1.40 bits per heavy atom. The number of nitrogens with one attached hydrogen (secondary N) is 1. The Morgan fingerprint density at radius 2 is 2.13 bits per heavy atom. The van der Waals surface area contributed by atoms with E-state index in [4.69, 9.17) is 29.9 Å². The van der Waals surface area contributed by atoms with Crippen LogP contribution in [0.3, 0.4) is 0 Å². The number of fused-ring (bicyclic) bond motifs is 1. The molecule has 5 atom stereocenters. The largest absolute Gasteiger partial charge is 0.509 e. The molecule has 1 aromatic rings. The molecular formula is C16H17N5O9. The van der Waals surface area contributed by atoms with Gasteiger partial charge < -0.3 is 29.5 Å². The summed E-state index contributed by atoms with van der Waals surface area (Å²) in [6.45, 7) is 1.10. The van der Waals surface area contributed by atoms with Crippen molar-refractivity contribution < 1.29 is 38.2 Å². The average Bonchev–Trinajstić information content (AvgIpc) is 3.22. The molecule has 3 heterocycles. The second-order valence-electron chi connectivity index (χ2n) is 6.31. The zero-order chi connectivity index (χ0) is 21.8. The molecule has 1 aromatic heterocycles. The third-order valence-electron chi connectivity index (χ3n) is 4.11. The fourth-order valence-corrected chi connectivity index (χ4v) is 2.73. The highest BCUT2D eigenvalue weighted by Gasteiger charge is 2.55. The predicted molar refractivity (Wildman–Crippen MR) is 92.1 cm³/mol. The molecule has 0 aliphatic carbocycles. The normalized spacial score (nSPS) is 25.3. The minimum absolute atomic E-state index is 0.0681. The van der Waals surface area contributed by atoms with Gasteiger partial charge in [0, 0.05) is 12.3 Å². The van der Waals surface area contributed by atoms with Crippen LogP contribution in [0, 0.1) is 11.3 Å². The van der Waals surface area contributed by atoms with Crippen LogP contribution in [0.5, 0.6) is 0 Å². The molecule has 2 fully saturated rings. The summed E-state index contributed by atoms with van der Waals surface area (Å²) in [5.41, 5.74) is 6.74. The van der Waals surface area contributed by atoms with Crippen molar-refractivity contribution in [1.82, 2.24) is 9.55 Å². The minimum atomic E-state index is -1.11. The lowest BCUT2D eigenvalue weighted by Crippen LogP contribution is -2.35. The zero-order valence-electron chi connectivity index (χ0n) is 15.5. The van der Waals surface area contributed by atoms with Crippen molar-refractivity contribution in [3.8, 4) is 6.07 Å². The molecule has 0 aromatic carbocycles. The van der Waals surface area contributed by atoms with Gasteiger partial charge in [-0.1, -0.05) is 0 Å². The summed E-state index contributed by atoms with van der Waals surface area (Å²) in [6.07, 6.45) is -4.11. The number of aromatic nitrogens is 2. The molecule has 3 N–H and O–H groups in total. The summed E-state index contributed by atoms with van der Waals surface area (Å²) in [6, 6.07) is 2.08. The number of carbonyl (C=O) groups excluding carboxylic acids is 3. The average molecular weight is 423 g/mol. The Balaban J connectivity index is 1.72. The number of carbonyl (C=O) groups is 3. The van der Waals surface area contributed by atoms with Crippen molar-refractivity contribution in [3.05, 3.63) is 22.7 Å². The summed E-state index contributed by atoms with van der Waals surface area (Å²) in [4.78, 5) is 55.1. The maximum Gasteiger partial charge on any atom is 0.509 e. The summed E-state index contributed by atoms with van der Waals surface area (Å²) in [5.74, 6) is -1.60. The Bertz CT molecular complexity index is 940. The van der Waals surface area contributed by atoms with Crippen LogP contribution in [-0.2, 0) is 33.4 Å².